The van der Waals surface area contributed by atoms with E-state index >= 15 is 0 Å². The van der Waals surface area contributed by atoms with Crippen molar-refractivity contribution in [1.29, 1.82) is 0 Å². The SMILES string of the molecule is Cc1noc(C2CC2C(=O)NCc2ccc(-c3cccc(OC(F)(F)F)c3)c3c2CN(CC(=O)N2[C@H](C)COC[C@H]2C)CC3)n1. The highest BCUT2D eigenvalue weighted by molar-refractivity contribution is 5.83. The molecule has 2 aromatic carbocycles. The van der Waals surface area contributed by atoms with Crippen molar-refractivity contribution in [2.45, 2.75) is 71.1 Å². The van der Waals surface area contributed by atoms with Gasteiger partial charge in [0.25, 0.3) is 0 Å². The number of aromatic nitrogens is 2. The molecule has 0 spiro atoms. The number of benzene rings is 2. The van der Waals surface area contributed by atoms with Gasteiger partial charge in [-0.3, -0.25) is 14.5 Å². The van der Waals surface area contributed by atoms with Crippen molar-refractivity contribution in [2.75, 3.05) is 26.3 Å². The first-order valence-corrected chi connectivity index (χ1v) is 15.2. The van der Waals surface area contributed by atoms with Crippen LogP contribution in [0.4, 0.5) is 13.2 Å². The average molecular weight is 628 g/mol. The maximum atomic E-state index is 13.4. The van der Waals surface area contributed by atoms with Gasteiger partial charge in [0.2, 0.25) is 17.7 Å². The summed E-state index contributed by atoms with van der Waals surface area (Å²) in [5, 5.41) is 6.86. The zero-order valence-electron chi connectivity index (χ0n) is 25.4. The number of morpholine rings is 1. The maximum absolute atomic E-state index is 13.4. The van der Waals surface area contributed by atoms with Gasteiger partial charge < -0.3 is 24.2 Å². The molecule has 1 saturated carbocycles. The predicted molar refractivity (Wildman–Crippen MR) is 156 cm³/mol. The Morgan fingerprint density at radius 2 is 1.89 bits per heavy atom. The van der Waals surface area contributed by atoms with Crippen LogP contribution in [-0.4, -0.2) is 76.5 Å². The Hall–Kier alpha value is -3.97. The fourth-order valence-corrected chi connectivity index (χ4v) is 6.53. The number of nitrogens with one attached hydrogen (secondary N) is 1. The maximum Gasteiger partial charge on any atom is 0.573 e. The van der Waals surface area contributed by atoms with Crippen LogP contribution in [-0.2, 0) is 33.8 Å². The van der Waals surface area contributed by atoms with Gasteiger partial charge in [-0.2, -0.15) is 4.98 Å². The summed E-state index contributed by atoms with van der Waals surface area (Å²) in [4.78, 5) is 34.7. The van der Waals surface area contributed by atoms with E-state index in [-0.39, 0.29) is 54.6 Å². The zero-order chi connectivity index (χ0) is 31.9. The third-order valence-electron chi connectivity index (χ3n) is 8.72. The van der Waals surface area contributed by atoms with E-state index in [1.54, 1.807) is 13.0 Å². The Morgan fingerprint density at radius 1 is 1.11 bits per heavy atom. The number of halogens is 3. The summed E-state index contributed by atoms with van der Waals surface area (Å²) in [6, 6.07) is 9.67. The molecule has 0 bridgehead atoms. The van der Waals surface area contributed by atoms with Crippen LogP contribution in [0.1, 0.15) is 54.6 Å². The first kappa shape index (κ1) is 31.0. The van der Waals surface area contributed by atoms with Crippen LogP contribution in [0, 0.1) is 12.8 Å². The Morgan fingerprint density at radius 3 is 2.60 bits per heavy atom. The summed E-state index contributed by atoms with van der Waals surface area (Å²) in [5.41, 5.74) is 4.22. The lowest BCUT2D eigenvalue weighted by molar-refractivity contribution is -0.274. The van der Waals surface area contributed by atoms with E-state index in [2.05, 4.69) is 25.1 Å². The monoisotopic (exact) mass is 627 g/mol. The van der Waals surface area contributed by atoms with Gasteiger partial charge in [-0.05, 0) is 73.6 Å². The molecular weight excluding hydrogens is 591 g/mol. The molecule has 6 rings (SSSR count). The van der Waals surface area contributed by atoms with Crippen molar-refractivity contribution in [3.63, 3.8) is 0 Å². The van der Waals surface area contributed by atoms with Crippen LogP contribution in [0.15, 0.2) is 40.9 Å². The molecule has 10 nitrogen and oxygen atoms in total. The second kappa shape index (κ2) is 12.4. The van der Waals surface area contributed by atoms with Crippen molar-refractivity contribution in [3.8, 4) is 16.9 Å². The molecule has 1 N–H and O–H groups in total. The highest BCUT2D eigenvalue weighted by Gasteiger charge is 2.47. The minimum absolute atomic E-state index is 0.0239. The number of alkyl halides is 3. The number of nitrogens with zero attached hydrogens (tertiary/aromatic N) is 4. The summed E-state index contributed by atoms with van der Waals surface area (Å²) in [5.74, 6) is 0.277. The Labute approximate surface area is 258 Å². The molecule has 3 aromatic rings. The minimum Gasteiger partial charge on any atom is -0.406 e. The van der Waals surface area contributed by atoms with Gasteiger partial charge >= 0.3 is 6.36 Å². The molecule has 45 heavy (non-hydrogen) atoms. The topological polar surface area (TPSA) is 110 Å². The fourth-order valence-electron chi connectivity index (χ4n) is 6.53. The third kappa shape index (κ3) is 6.99. The molecule has 3 heterocycles. The van der Waals surface area contributed by atoms with Crippen LogP contribution < -0.4 is 10.1 Å². The zero-order valence-corrected chi connectivity index (χ0v) is 25.4. The second-order valence-electron chi connectivity index (χ2n) is 12.1. The van der Waals surface area contributed by atoms with Crippen LogP contribution in [0.3, 0.4) is 0 Å². The quantitative estimate of drug-likeness (QED) is 0.393. The molecule has 4 atom stereocenters. The highest BCUT2D eigenvalue weighted by atomic mass is 19.4. The van der Waals surface area contributed by atoms with Gasteiger partial charge in [-0.15, -0.1) is 13.2 Å². The summed E-state index contributed by atoms with van der Waals surface area (Å²) in [6.45, 7) is 8.24. The molecular formula is C32H36F3N5O5. The highest BCUT2D eigenvalue weighted by Crippen LogP contribution is 2.47. The van der Waals surface area contributed by atoms with E-state index in [9.17, 15) is 22.8 Å². The molecule has 13 heteroatoms. The number of carbonyl (C=O) groups is 2. The van der Waals surface area contributed by atoms with Crippen LogP contribution in [0.2, 0.25) is 0 Å². The molecule has 2 unspecified atom stereocenters. The van der Waals surface area contributed by atoms with E-state index in [0.717, 1.165) is 22.3 Å². The van der Waals surface area contributed by atoms with E-state index in [1.807, 2.05) is 30.9 Å². The average Bonchev–Trinajstić information content (AvgIpc) is 3.67. The van der Waals surface area contributed by atoms with E-state index in [0.29, 0.717) is 56.4 Å². The Kier molecular flexibility index (Phi) is 8.57. The molecule has 1 saturated heterocycles. The predicted octanol–water partition coefficient (Wildman–Crippen LogP) is 4.36. The molecule has 3 aliphatic rings. The lowest BCUT2D eigenvalue weighted by Crippen LogP contribution is -2.55. The van der Waals surface area contributed by atoms with E-state index < -0.39 is 6.36 Å². The van der Waals surface area contributed by atoms with Crippen molar-refractivity contribution < 1.29 is 36.8 Å². The van der Waals surface area contributed by atoms with E-state index in [4.69, 9.17) is 9.26 Å². The van der Waals surface area contributed by atoms with Crippen LogP contribution >= 0.6 is 0 Å². The molecule has 1 aliphatic carbocycles. The number of fused-ring (bicyclic) bond motifs is 1. The molecule has 2 fully saturated rings. The first-order chi connectivity index (χ1) is 21.5. The number of hydrogen-bond acceptors (Lipinski definition) is 8. The lowest BCUT2D eigenvalue weighted by atomic mass is 9.87. The molecule has 2 amide bonds. The number of amides is 2. The summed E-state index contributed by atoms with van der Waals surface area (Å²) >= 11 is 0. The molecule has 2 aliphatic heterocycles. The normalized spacial score (nSPS) is 23.4. The van der Waals surface area contributed by atoms with Gasteiger partial charge in [0.1, 0.15) is 5.75 Å². The largest absolute Gasteiger partial charge is 0.573 e. The first-order valence-electron chi connectivity index (χ1n) is 15.2. The van der Waals surface area contributed by atoms with Gasteiger partial charge in [0.05, 0.1) is 43.7 Å². The van der Waals surface area contributed by atoms with E-state index in [1.165, 1.54) is 18.2 Å². The summed E-state index contributed by atoms with van der Waals surface area (Å²) < 4.78 is 53.9. The second-order valence-corrected chi connectivity index (χ2v) is 12.1. The van der Waals surface area contributed by atoms with Crippen molar-refractivity contribution in [1.82, 2.24) is 25.3 Å². The lowest BCUT2D eigenvalue weighted by Gasteiger charge is -2.40. The minimum atomic E-state index is -4.80. The number of rotatable bonds is 8. The van der Waals surface area contributed by atoms with Crippen molar-refractivity contribution >= 4 is 11.8 Å². The van der Waals surface area contributed by atoms with Gasteiger partial charge in [-0.1, -0.05) is 29.4 Å². The van der Waals surface area contributed by atoms with Gasteiger partial charge in [-0.25, -0.2) is 0 Å². The van der Waals surface area contributed by atoms with Crippen molar-refractivity contribution in [3.05, 3.63) is 64.8 Å². The summed E-state index contributed by atoms with van der Waals surface area (Å²) in [6.07, 6.45) is -3.58. The number of aryl methyl sites for hydroxylation is 1. The Balaban J connectivity index is 1.23. The van der Waals surface area contributed by atoms with Crippen LogP contribution in [0.25, 0.3) is 11.1 Å². The molecule has 1 aromatic heterocycles. The van der Waals surface area contributed by atoms with Crippen LogP contribution in [0.5, 0.6) is 5.75 Å². The summed E-state index contributed by atoms with van der Waals surface area (Å²) in [7, 11) is 0. The number of carbonyl (C=O) groups excluding carboxylic acids is 2. The van der Waals surface area contributed by atoms with Gasteiger partial charge in [0, 0.05) is 19.6 Å². The molecule has 240 valence electrons. The van der Waals surface area contributed by atoms with Crippen molar-refractivity contribution in [2.24, 2.45) is 5.92 Å². The van der Waals surface area contributed by atoms with Gasteiger partial charge in [0.15, 0.2) is 5.82 Å². The molecule has 0 radical (unpaired) electrons. The number of hydrogen-bond donors (Lipinski definition) is 1. The standard InChI is InChI=1S/C32H36F3N5O5/c1-18-16-43-17-19(2)40(18)29(41)15-39-10-9-25-24(21-5-4-6-23(11-21)44-32(33,34)35)8-7-22(28(25)14-39)13-36-30(42)26-12-27(26)31-37-20(3)38-45-31/h4-8,11,18-19,26-27H,9-10,12-17H2,1-3H3,(H,36,42)/t18-,19-,26?,27?/m1/s1. The Bertz CT molecular complexity index is 1570. The third-order valence-corrected chi connectivity index (χ3v) is 8.72. The fraction of sp³-hybridized carbons (Fsp3) is 0.500. The number of ether oxygens (including phenoxy) is 2. The smallest absolute Gasteiger partial charge is 0.406 e.